The molecule has 27 heavy (non-hydrogen) atoms. The van der Waals surface area contributed by atoms with E-state index in [1.165, 1.54) is 0 Å². The SMILES string of the molecule is COCCN1CCC(c2c(C)c(-c3ccc(O)cc3)nc(N)c2C#N)CC1. The van der Waals surface area contributed by atoms with Crippen molar-refractivity contribution in [1.82, 2.24) is 9.88 Å². The van der Waals surface area contributed by atoms with E-state index >= 15 is 0 Å². The average molecular weight is 366 g/mol. The Bertz CT molecular complexity index is 835. The molecule has 1 aromatic carbocycles. The number of nitrogens with zero attached hydrogens (tertiary/aromatic N) is 3. The van der Waals surface area contributed by atoms with Gasteiger partial charge in [0.1, 0.15) is 17.6 Å². The largest absolute Gasteiger partial charge is 0.508 e. The maximum atomic E-state index is 9.69. The number of pyridine rings is 1. The molecule has 2 aromatic rings. The zero-order chi connectivity index (χ0) is 19.4. The summed E-state index contributed by atoms with van der Waals surface area (Å²) in [5.41, 5.74) is 10.4. The molecule has 0 spiro atoms. The van der Waals surface area contributed by atoms with E-state index in [0.29, 0.717) is 11.5 Å². The van der Waals surface area contributed by atoms with Crippen molar-refractivity contribution in [1.29, 1.82) is 5.26 Å². The Morgan fingerprint density at radius 2 is 1.96 bits per heavy atom. The summed E-state index contributed by atoms with van der Waals surface area (Å²) < 4.78 is 5.17. The van der Waals surface area contributed by atoms with E-state index < -0.39 is 0 Å². The van der Waals surface area contributed by atoms with E-state index in [1.807, 2.05) is 19.1 Å². The molecule has 3 N–H and O–H groups in total. The number of nitriles is 1. The van der Waals surface area contributed by atoms with Crippen LogP contribution in [0.2, 0.25) is 0 Å². The maximum absolute atomic E-state index is 9.69. The van der Waals surface area contributed by atoms with Crippen LogP contribution in [0.1, 0.15) is 35.4 Å². The first-order chi connectivity index (χ1) is 13.0. The molecule has 2 heterocycles. The van der Waals surface area contributed by atoms with Crippen molar-refractivity contribution in [2.45, 2.75) is 25.7 Å². The second-order valence-electron chi connectivity index (χ2n) is 7.03. The molecule has 0 radical (unpaired) electrons. The van der Waals surface area contributed by atoms with Gasteiger partial charge in [-0.25, -0.2) is 4.98 Å². The minimum absolute atomic E-state index is 0.210. The lowest BCUT2D eigenvalue weighted by atomic mass is 9.83. The highest BCUT2D eigenvalue weighted by Crippen LogP contribution is 2.38. The second-order valence-corrected chi connectivity index (χ2v) is 7.03. The third-order valence-electron chi connectivity index (χ3n) is 5.38. The molecule has 6 nitrogen and oxygen atoms in total. The van der Waals surface area contributed by atoms with Gasteiger partial charge >= 0.3 is 0 Å². The monoisotopic (exact) mass is 366 g/mol. The Hall–Kier alpha value is -2.62. The van der Waals surface area contributed by atoms with Crippen LogP contribution in [0.25, 0.3) is 11.3 Å². The summed E-state index contributed by atoms with van der Waals surface area (Å²) in [5, 5.41) is 19.2. The molecule has 1 saturated heterocycles. The number of phenolic OH excluding ortho intramolecular Hbond substituents is 1. The van der Waals surface area contributed by atoms with Gasteiger partial charge in [-0.05, 0) is 74.2 Å². The van der Waals surface area contributed by atoms with Gasteiger partial charge in [0.25, 0.3) is 0 Å². The first kappa shape index (κ1) is 19.2. The zero-order valence-electron chi connectivity index (χ0n) is 15.9. The van der Waals surface area contributed by atoms with Crippen LogP contribution in [0.5, 0.6) is 5.75 Å². The molecule has 1 aromatic heterocycles. The molecule has 0 amide bonds. The van der Waals surface area contributed by atoms with Crippen molar-refractivity contribution in [3.8, 4) is 23.1 Å². The Morgan fingerprint density at radius 1 is 1.30 bits per heavy atom. The van der Waals surface area contributed by atoms with Crippen molar-refractivity contribution < 1.29 is 9.84 Å². The number of hydrogen-bond acceptors (Lipinski definition) is 6. The van der Waals surface area contributed by atoms with E-state index in [1.54, 1.807) is 19.2 Å². The lowest BCUT2D eigenvalue weighted by Gasteiger charge is -2.33. The number of aromatic nitrogens is 1. The highest BCUT2D eigenvalue weighted by Gasteiger charge is 2.27. The maximum Gasteiger partial charge on any atom is 0.142 e. The number of anilines is 1. The molecule has 0 bridgehead atoms. The van der Waals surface area contributed by atoms with Gasteiger partial charge in [0.15, 0.2) is 0 Å². The molecule has 6 heteroatoms. The predicted molar refractivity (Wildman–Crippen MR) is 105 cm³/mol. The van der Waals surface area contributed by atoms with Crippen molar-refractivity contribution in [2.75, 3.05) is 39.1 Å². The van der Waals surface area contributed by atoms with Gasteiger partial charge in [0.2, 0.25) is 0 Å². The number of rotatable bonds is 5. The summed E-state index contributed by atoms with van der Waals surface area (Å²) in [7, 11) is 1.72. The van der Waals surface area contributed by atoms with Crippen molar-refractivity contribution in [3.63, 3.8) is 0 Å². The lowest BCUT2D eigenvalue weighted by molar-refractivity contribution is 0.130. The van der Waals surface area contributed by atoms with Gasteiger partial charge in [-0.15, -0.1) is 0 Å². The number of likely N-dealkylation sites (tertiary alicyclic amines) is 1. The summed E-state index contributed by atoms with van der Waals surface area (Å²) in [6.45, 7) is 5.65. The van der Waals surface area contributed by atoms with Crippen LogP contribution in [0, 0.1) is 18.3 Å². The third-order valence-corrected chi connectivity index (χ3v) is 5.38. The first-order valence-electron chi connectivity index (χ1n) is 9.26. The fraction of sp³-hybridized carbons (Fsp3) is 0.429. The highest BCUT2D eigenvalue weighted by atomic mass is 16.5. The first-order valence-corrected chi connectivity index (χ1v) is 9.26. The van der Waals surface area contributed by atoms with Crippen LogP contribution in [0.3, 0.4) is 0 Å². The molecular formula is C21H26N4O2. The van der Waals surface area contributed by atoms with Gasteiger partial charge in [0.05, 0.1) is 17.9 Å². The smallest absolute Gasteiger partial charge is 0.142 e. The summed E-state index contributed by atoms with van der Waals surface area (Å²) in [5.74, 6) is 0.782. The molecule has 1 aliphatic heterocycles. The standard InChI is InChI=1S/C21H26N4O2/c1-14-19(15-7-9-25(10-8-15)11-12-27-2)18(13-22)21(23)24-20(14)16-3-5-17(26)6-4-16/h3-6,15,26H,7-12H2,1-2H3,(H2,23,24). The topological polar surface area (TPSA) is 95.4 Å². The lowest BCUT2D eigenvalue weighted by Crippen LogP contribution is -2.35. The molecule has 1 fully saturated rings. The fourth-order valence-corrected chi connectivity index (χ4v) is 3.91. The second kappa shape index (κ2) is 8.38. The number of nitrogens with two attached hydrogens (primary N) is 1. The molecule has 1 aliphatic rings. The van der Waals surface area contributed by atoms with Crippen molar-refractivity contribution >= 4 is 5.82 Å². The summed E-state index contributed by atoms with van der Waals surface area (Å²) in [4.78, 5) is 6.90. The number of nitrogen functional groups attached to an aromatic ring is 1. The minimum atomic E-state index is 0.210. The number of ether oxygens (including phenoxy) is 1. The number of aromatic hydroxyl groups is 1. The summed E-state index contributed by atoms with van der Waals surface area (Å²) in [6.07, 6.45) is 1.97. The molecular weight excluding hydrogens is 340 g/mol. The van der Waals surface area contributed by atoms with Crippen molar-refractivity contribution in [2.24, 2.45) is 0 Å². The average Bonchev–Trinajstić information content (AvgIpc) is 2.69. The molecule has 0 atom stereocenters. The van der Waals surface area contributed by atoms with Gasteiger partial charge in [0, 0.05) is 19.2 Å². The quantitative estimate of drug-likeness (QED) is 0.844. The molecule has 3 rings (SSSR count). The zero-order valence-corrected chi connectivity index (χ0v) is 15.9. The van der Waals surface area contributed by atoms with Crippen LogP contribution < -0.4 is 5.73 Å². The van der Waals surface area contributed by atoms with E-state index in [9.17, 15) is 10.4 Å². The van der Waals surface area contributed by atoms with Gasteiger partial charge in [-0.1, -0.05) is 0 Å². The highest BCUT2D eigenvalue weighted by molar-refractivity contribution is 5.71. The van der Waals surface area contributed by atoms with Crippen LogP contribution in [0.15, 0.2) is 24.3 Å². The molecule has 0 saturated carbocycles. The van der Waals surface area contributed by atoms with Crippen LogP contribution in [-0.4, -0.2) is 48.3 Å². The summed E-state index contributed by atoms with van der Waals surface area (Å²) >= 11 is 0. The Kier molecular flexibility index (Phi) is 5.94. The van der Waals surface area contributed by atoms with Crippen LogP contribution in [-0.2, 0) is 4.74 Å². The molecule has 0 unspecified atom stereocenters. The Morgan fingerprint density at radius 3 is 2.56 bits per heavy atom. The van der Waals surface area contributed by atoms with Gasteiger partial charge in [-0.2, -0.15) is 5.26 Å². The van der Waals surface area contributed by atoms with E-state index in [-0.39, 0.29) is 11.6 Å². The van der Waals surface area contributed by atoms with Crippen LogP contribution in [0.4, 0.5) is 5.82 Å². The van der Waals surface area contributed by atoms with E-state index in [4.69, 9.17) is 10.5 Å². The van der Waals surface area contributed by atoms with E-state index in [2.05, 4.69) is 16.0 Å². The van der Waals surface area contributed by atoms with Crippen LogP contribution >= 0.6 is 0 Å². The van der Waals surface area contributed by atoms with Gasteiger partial charge in [-0.3, -0.25) is 0 Å². The normalized spacial score (nSPS) is 15.6. The number of methoxy groups -OCH3 is 1. The molecule has 142 valence electrons. The third kappa shape index (κ3) is 4.05. The number of phenols is 1. The fourth-order valence-electron chi connectivity index (χ4n) is 3.91. The number of piperidine rings is 1. The number of benzene rings is 1. The predicted octanol–water partition coefficient (Wildman–Crippen LogP) is 3.04. The van der Waals surface area contributed by atoms with Crippen molar-refractivity contribution in [3.05, 3.63) is 41.0 Å². The number of hydrogen-bond donors (Lipinski definition) is 2. The Labute approximate surface area is 160 Å². The Balaban J connectivity index is 1.95. The summed E-state index contributed by atoms with van der Waals surface area (Å²) in [6, 6.07) is 9.20. The molecule has 0 aliphatic carbocycles. The van der Waals surface area contributed by atoms with E-state index in [0.717, 1.165) is 61.5 Å². The minimum Gasteiger partial charge on any atom is -0.508 e. The van der Waals surface area contributed by atoms with Gasteiger partial charge < -0.3 is 20.5 Å².